The van der Waals surface area contributed by atoms with Gasteiger partial charge in [-0.3, -0.25) is 4.57 Å². The molecule has 0 aromatic rings. The predicted octanol–water partition coefficient (Wildman–Crippen LogP) is 4.01. The fourth-order valence-electron chi connectivity index (χ4n) is 2.12. The van der Waals surface area contributed by atoms with Gasteiger partial charge < -0.3 is 4.52 Å². The topological polar surface area (TPSA) is 26.3 Å². The van der Waals surface area contributed by atoms with E-state index in [-0.39, 0.29) is 12.3 Å². The van der Waals surface area contributed by atoms with E-state index in [2.05, 4.69) is 13.8 Å². The molecular formula is C10H20FO2P. The standard InChI is InChI=1S/C10H20FO2P/c1-4-14(11,12)13-10-8(2)6-5-7-9(10)3/h8-10H,4-7H2,1-3H3. The Morgan fingerprint density at radius 1 is 1.36 bits per heavy atom. The Morgan fingerprint density at radius 2 is 1.86 bits per heavy atom. The van der Waals surface area contributed by atoms with Gasteiger partial charge in [-0.25, -0.2) is 0 Å². The molecule has 3 atom stereocenters. The Hall–Kier alpha value is 0.120. The second-order valence-electron chi connectivity index (χ2n) is 4.36. The average Bonchev–Trinajstić information content (AvgIpc) is 2.12. The molecule has 0 aromatic carbocycles. The highest BCUT2D eigenvalue weighted by Gasteiger charge is 2.34. The first kappa shape index (κ1) is 12.2. The van der Waals surface area contributed by atoms with Gasteiger partial charge in [-0.05, 0) is 24.7 Å². The van der Waals surface area contributed by atoms with Crippen molar-refractivity contribution >= 4 is 7.68 Å². The zero-order chi connectivity index (χ0) is 10.8. The average molecular weight is 222 g/mol. The lowest BCUT2D eigenvalue weighted by molar-refractivity contribution is 0.0511. The van der Waals surface area contributed by atoms with Crippen molar-refractivity contribution in [2.45, 2.75) is 46.1 Å². The first-order valence-electron chi connectivity index (χ1n) is 5.43. The van der Waals surface area contributed by atoms with Gasteiger partial charge in [0, 0.05) is 0 Å². The highest BCUT2D eigenvalue weighted by Crippen LogP contribution is 2.52. The summed E-state index contributed by atoms with van der Waals surface area (Å²) >= 11 is 0. The van der Waals surface area contributed by atoms with Gasteiger partial charge in [-0.15, -0.1) is 0 Å². The van der Waals surface area contributed by atoms with Crippen molar-refractivity contribution in [3.05, 3.63) is 0 Å². The van der Waals surface area contributed by atoms with Crippen molar-refractivity contribution < 1.29 is 13.3 Å². The maximum Gasteiger partial charge on any atom is 0.367 e. The Bertz CT molecular complexity index is 222. The maximum atomic E-state index is 13.3. The second kappa shape index (κ2) is 4.76. The van der Waals surface area contributed by atoms with E-state index in [9.17, 15) is 8.76 Å². The first-order chi connectivity index (χ1) is 6.46. The third-order valence-electron chi connectivity index (χ3n) is 3.10. The van der Waals surface area contributed by atoms with Gasteiger partial charge in [-0.2, -0.15) is 4.20 Å². The summed E-state index contributed by atoms with van der Waals surface area (Å²) < 4.78 is 29.7. The van der Waals surface area contributed by atoms with Crippen molar-refractivity contribution in [2.75, 3.05) is 6.16 Å². The lowest BCUT2D eigenvalue weighted by Crippen LogP contribution is -2.31. The highest BCUT2D eigenvalue weighted by atomic mass is 31.2. The maximum absolute atomic E-state index is 13.3. The van der Waals surface area contributed by atoms with Crippen LogP contribution in [0.15, 0.2) is 0 Å². The summed E-state index contributed by atoms with van der Waals surface area (Å²) in [5.74, 6) is 0.656. The summed E-state index contributed by atoms with van der Waals surface area (Å²) in [6.45, 7) is 5.67. The fourth-order valence-corrected chi connectivity index (χ4v) is 3.04. The van der Waals surface area contributed by atoms with E-state index in [1.54, 1.807) is 6.92 Å². The van der Waals surface area contributed by atoms with Crippen LogP contribution in [0.3, 0.4) is 0 Å². The van der Waals surface area contributed by atoms with Crippen LogP contribution >= 0.6 is 7.68 Å². The molecule has 1 saturated carbocycles. The van der Waals surface area contributed by atoms with Gasteiger partial charge in [0.2, 0.25) is 0 Å². The van der Waals surface area contributed by atoms with Crippen LogP contribution in [-0.2, 0) is 9.09 Å². The van der Waals surface area contributed by atoms with E-state index < -0.39 is 7.68 Å². The quantitative estimate of drug-likeness (QED) is 0.674. The molecule has 0 heterocycles. The van der Waals surface area contributed by atoms with Crippen molar-refractivity contribution in [3.63, 3.8) is 0 Å². The molecule has 3 unspecified atom stereocenters. The molecule has 0 N–H and O–H groups in total. The number of hydrogen-bond acceptors (Lipinski definition) is 2. The van der Waals surface area contributed by atoms with Crippen LogP contribution in [-0.4, -0.2) is 12.3 Å². The molecule has 0 amide bonds. The largest absolute Gasteiger partial charge is 0.367 e. The lowest BCUT2D eigenvalue weighted by Gasteiger charge is -2.34. The van der Waals surface area contributed by atoms with E-state index in [4.69, 9.17) is 4.52 Å². The Kier molecular flexibility index (Phi) is 4.15. The molecule has 1 aliphatic carbocycles. The summed E-state index contributed by atoms with van der Waals surface area (Å²) in [5, 5.41) is 0. The molecule has 0 saturated heterocycles. The third-order valence-corrected chi connectivity index (χ3v) is 4.41. The number of halogens is 1. The summed E-state index contributed by atoms with van der Waals surface area (Å²) in [7, 11) is -3.82. The minimum absolute atomic E-state index is 0.0110. The molecule has 4 heteroatoms. The molecule has 0 bridgehead atoms. The van der Waals surface area contributed by atoms with Crippen LogP contribution in [0, 0.1) is 11.8 Å². The van der Waals surface area contributed by atoms with Gasteiger partial charge in [0.05, 0.1) is 12.3 Å². The number of rotatable bonds is 3. The molecule has 1 fully saturated rings. The molecular weight excluding hydrogens is 202 g/mol. The van der Waals surface area contributed by atoms with Gasteiger partial charge in [-0.1, -0.05) is 27.2 Å². The molecule has 1 rings (SSSR count). The molecule has 14 heavy (non-hydrogen) atoms. The highest BCUT2D eigenvalue weighted by molar-refractivity contribution is 7.53. The second-order valence-corrected chi connectivity index (χ2v) is 6.39. The van der Waals surface area contributed by atoms with Gasteiger partial charge in [0.25, 0.3) is 0 Å². The Labute approximate surface area is 85.8 Å². The minimum atomic E-state index is -3.82. The molecule has 1 aliphatic rings. The summed E-state index contributed by atoms with van der Waals surface area (Å²) in [6, 6.07) is 0. The van der Waals surface area contributed by atoms with Crippen molar-refractivity contribution in [2.24, 2.45) is 11.8 Å². The molecule has 84 valence electrons. The first-order valence-corrected chi connectivity index (χ1v) is 7.13. The van der Waals surface area contributed by atoms with Crippen LogP contribution in [0.2, 0.25) is 0 Å². The van der Waals surface area contributed by atoms with Crippen molar-refractivity contribution in [1.82, 2.24) is 0 Å². The molecule has 0 spiro atoms. The van der Waals surface area contributed by atoms with E-state index in [1.165, 1.54) is 6.42 Å². The summed E-state index contributed by atoms with van der Waals surface area (Å²) in [5.41, 5.74) is 0. The minimum Gasteiger partial charge on any atom is -0.302 e. The van der Waals surface area contributed by atoms with Crippen molar-refractivity contribution in [1.29, 1.82) is 0 Å². The fraction of sp³-hybridized carbons (Fsp3) is 1.00. The van der Waals surface area contributed by atoms with Crippen LogP contribution < -0.4 is 0 Å². The van der Waals surface area contributed by atoms with Crippen molar-refractivity contribution in [3.8, 4) is 0 Å². The molecule has 0 aliphatic heterocycles. The van der Waals surface area contributed by atoms with Crippen LogP contribution in [0.25, 0.3) is 0 Å². The third kappa shape index (κ3) is 3.06. The molecule has 0 aromatic heterocycles. The normalized spacial score (nSPS) is 37.9. The zero-order valence-electron chi connectivity index (χ0n) is 9.20. The lowest BCUT2D eigenvalue weighted by atomic mass is 9.81. The van der Waals surface area contributed by atoms with E-state index >= 15 is 0 Å². The number of hydrogen-bond donors (Lipinski definition) is 0. The SMILES string of the molecule is CCP(=O)(F)OC1C(C)CCCC1C. The Balaban J connectivity index is 2.60. The van der Waals surface area contributed by atoms with Crippen LogP contribution in [0.4, 0.5) is 4.20 Å². The zero-order valence-corrected chi connectivity index (χ0v) is 10.1. The van der Waals surface area contributed by atoms with Crippen LogP contribution in [0.1, 0.15) is 40.0 Å². The molecule has 0 radical (unpaired) electrons. The summed E-state index contributed by atoms with van der Waals surface area (Å²) in [6.07, 6.45) is 3.12. The van der Waals surface area contributed by atoms with E-state index in [0.29, 0.717) is 11.8 Å². The summed E-state index contributed by atoms with van der Waals surface area (Å²) in [4.78, 5) is 0. The monoisotopic (exact) mass is 222 g/mol. The van der Waals surface area contributed by atoms with Gasteiger partial charge in [0.15, 0.2) is 0 Å². The molecule has 2 nitrogen and oxygen atoms in total. The Morgan fingerprint density at radius 3 is 2.29 bits per heavy atom. The van der Waals surface area contributed by atoms with Crippen LogP contribution in [0.5, 0.6) is 0 Å². The van der Waals surface area contributed by atoms with E-state index in [1.807, 2.05) is 0 Å². The smallest absolute Gasteiger partial charge is 0.302 e. The van der Waals surface area contributed by atoms with Gasteiger partial charge >= 0.3 is 7.68 Å². The van der Waals surface area contributed by atoms with Gasteiger partial charge in [0.1, 0.15) is 0 Å². The van der Waals surface area contributed by atoms with E-state index in [0.717, 1.165) is 12.8 Å². The predicted molar refractivity (Wildman–Crippen MR) is 56.3 cm³/mol.